The summed E-state index contributed by atoms with van der Waals surface area (Å²) >= 11 is 0. The second-order valence-corrected chi connectivity index (χ2v) is 9.19. The molecule has 1 heterocycles. The van der Waals surface area contributed by atoms with Gasteiger partial charge >= 0.3 is 6.18 Å². The predicted molar refractivity (Wildman–Crippen MR) is 142 cm³/mol. The lowest BCUT2D eigenvalue weighted by Gasteiger charge is -2.21. The fraction of sp³-hybridized carbons (Fsp3) is 0.156. The SMILES string of the molecule is C1=CC=CNC=C1.O=C(c1ccc(C(F)(F)F)cc1)C1C=c2c(ccc3c2=CCc2ccccc2-3)CC1. The molecule has 1 aliphatic heterocycles. The summed E-state index contributed by atoms with van der Waals surface area (Å²) in [5.74, 6) is -0.450. The van der Waals surface area contributed by atoms with Crippen LogP contribution in [0.4, 0.5) is 13.2 Å². The summed E-state index contributed by atoms with van der Waals surface area (Å²) in [7, 11) is 0. The van der Waals surface area contributed by atoms with E-state index in [1.807, 2.05) is 54.9 Å². The Hall–Kier alpha value is -4.12. The molecule has 6 rings (SSSR count). The van der Waals surface area contributed by atoms with Gasteiger partial charge in [0.25, 0.3) is 0 Å². The topological polar surface area (TPSA) is 29.1 Å². The Bertz CT molecular complexity index is 1510. The summed E-state index contributed by atoms with van der Waals surface area (Å²) in [6, 6.07) is 17.2. The van der Waals surface area contributed by atoms with Crippen LogP contribution in [-0.4, -0.2) is 5.78 Å². The lowest BCUT2D eigenvalue weighted by molar-refractivity contribution is -0.137. The fourth-order valence-corrected chi connectivity index (χ4v) is 4.97. The monoisotopic (exact) mass is 497 g/mol. The number of nitrogens with one attached hydrogen (secondary N) is 1. The highest BCUT2D eigenvalue weighted by molar-refractivity contribution is 6.01. The zero-order chi connectivity index (χ0) is 25.8. The van der Waals surface area contributed by atoms with Crippen molar-refractivity contribution in [2.45, 2.75) is 25.4 Å². The molecule has 1 atom stereocenters. The Labute approximate surface area is 213 Å². The number of hydrogen-bond donors (Lipinski definition) is 1. The van der Waals surface area contributed by atoms with E-state index >= 15 is 0 Å². The number of hydrogen-bond acceptors (Lipinski definition) is 2. The van der Waals surface area contributed by atoms with Crippen LogP contribution >= 0.6 is 0 Å². The zero-order valence-electron chi connectivity index (χ0n) is 20.1. The summed E-state index contributed by atoms with van der Waals surface area (Å²) in [4.78, 5) is 13.0. The molecule has 0 saturated heterocycles. The number of halogens is 3. The lowest BCUT2D eigenvalue weighted by Crippen LogP contribution is -2.37. The van der Waals surface area contributed by atoms with E-state index in [-0.39, 0.29) is 11.7 Å². The number of rotatable bonds is 2. The molecule has 2 nitrogen and oxygen atoms in total. The number of allylic oxidation sites excluding steroid dienone is 4. The van der Waals surface area contributed by atoms with Crippen LogP contribution in [0.25, 0.3) is 23.3 Å². The van der Waals surface area contributed by atoms with Gasteiger partial charge in [0.15, 0.2) is 5.78 Å². The van der Waals surface area contributed by atoms with Gasteiger partial charge in [-0.1, -0.05) is 72.8 Å². The molecule has 3 aromatic rings. The van der Waals surface area contributed by atoms with Crippen molar-refractivity contribution in [3.63, 3.8) is 0 Å². The second-order valence-electron chi connectivity index (χ2n) is 9.19. The number of benzene rings is 3. The molecule has 0 amide bonds. The van der Waals surface area contributed by atoms with Crippen LogP contribution in [0.3, 0.4) is 0 Å². The van der Waals surface area contributed by atoms with Crippen LogP contribution in [-0.2, 0) is 19.0 Å². The van der Waals surface area contributed by atoms with Crippen LogP contribution < -0.4 is 15.8 Å². The van der Waals surface area contributed by atoms with Crippen LogP contribution in [0.15, 0.2) is 97.4 Å². The maximum Gasteiger partial charge on any atom is 0.416 e. The van der Waals surface area contributed by atoms with Gasteiger partial charge in [-0.15, -0.1) is 0 Å². The van der Waals surface area contributed by atoms with Crippen LogP contribution in [0.2, 0.25) is 0 Å². The summed E-state index contributed by atoms with van der Waals surface area (Å²) in [5.41, 5.74) is 4.50. The van der Waals surface area contributed by atoms with Gasteiger partial charge in [-0.2, -0.15) is 13.2 Å². The van der Waals surface area contributed by atoms with Crippen molar-refractivity contribution in [3.8, 4) is 11.1 Å². The van der Waals surface area contributed by atoms with Crippen molar-refractivity contribution in [3.05, 3.63) is 130 Å². The number of alkyl halides is 3. The first kappa shape index (κ1) is 24.6. The molecule has 0 saturated carbocycles. The molecular weight excluding hydrogens is 471 g/mol. The molecular formula is C32H26F3NO. The Morgan fingerprint density at radius 2 is 1.51 bits per heavy atom. The normalized spacial score (nSPS) is 16.9. The first-order valence-electron chi connectivity index (χ1n) is 12.3. The average Bonchev–Trinajstić information content (AvgIpc) is 3.25. The van der Waals surface area contributed by atoms with Gasteiger partial charge in [0, 0.05) is 23.9 Å². The van der Waals surface area contributed by atoms with Gasteiger partial charge in [-0.25, -0.2) is 0 Å². The summed E-state index contributed by atoms with van der Waals surface area (Å²) in [6.07, 6.45) is 13.7. The summed E-state index contributed by atoms with van der Waals surface area (Å²) in [6.45, 7) is 0. The predicted octanol–water partition coefficient (Wildman–Crippen LogP) is 6.11. The number of carbonyl (C=O) groups is 1. The molecule has 0 fully saturated rings. The third-order valence-corrected chi connectivity index (χ3v) is 6.86. The minimum Gasteiger partial charge on any atom is -0.368 e. The van der Waals surface area contributed by atoms with E-state index in [1.54, 1.807) is 0 Å². The number of Topliss-reactive ketones (excluding diaryl/α,β-unsaturated/α-hetero) is 1. The van der Waals surface area contributed by atoms with E-state index in [1.165, 1.54) is 34.4 Å². The van der Waals surface area contributed by atoms with E-state index in [0.717, 1.165) is 35.4 Å². The third-order valence-electron chi connectivity index (χ3n) is 6.86. The fourth-order valence-electron chi connectivity index (χ4n) is 4.97. The Morgan fingerprint density at radius 1 is 0.784 bits per heavy atom. The molecule has 0 radical (unpaired) electrons. The first-order chi connectivity index (χ1) is 17.9. The summed E-state index contributed by atoms with van der Waals surface area (Å²) in [5, 5.41) is 5.18. The largest absolute Gasteiger partial charge is 0.416 e. The Balaban J connectivity index is 0.000000348. The van der Waals surface area contributed by atoms with Gasteiger partial charge in [0.1, 0.15) is 0 Å². The molecule has 1 N–H and O–H groups in total. The number of fused-ring (bicyclic) bond motifs is 5. The van der Waals surface area contributed by atoms with Gasteiger partial charge in [0.05, 0.1) is 5.56 Å². The van der Waals surface area contributed by atoms with Crippen molar-refractivity contribution >= 4 is 17.9 Å². The molecule has 0 bridgehead atoms. The second kappa shape index (κ2) is 10.5. The molecule has 2 aliphatic carbocycles. The van der Waals surface area contributed by atoms with Gasteiger partial charge in [-0.05, 0) is 76.2 Å². The third kappa shape index (κ3) is 5.36. The van der Waals surface area contributed by atoms with Crippen LogP contribution in [0.5, 0.6) is 0 Å². The molecule has 5 heteroatoms. The van der Waals surface area contributed by atoms with E-state index in [9.17, 15) is 18.0 Å². The average molecular weight is 498 g/mol. The van der Waals surface area contributed by atoms with Gasteiger partial charge in [0.2, 0.25) is 0 Å². The van der Waals surface area contributed by atoms with E-state index < -0.39 is 11.7 Å². The minimum absolute atomic E-state index is 0.122. The number of aryl methyl sites for hydroxylation is 1. The van der Waals surface area contributed by atoms with E-state index in [4.69, 9.17) is 0 Å². The quantitative estimate of drug-likeness (QED) is 0.433. The molecule has 3 aliphatic rings. The smallest absolute Gasteiger partial charge is 0.368 e. The van der Waals surface area contributed by atoms with Crippen molar-refractivity contribution in [1.29, 1.82) is 0 Å². The molecule has 1 unspecified atom stereocenters. The number of carbonyl (C=O) groups excluding carboxylic acids is 1. The van der Waals surface area contributed by atoms with Crippen molar-refractivity contribution in [2.24, 2.45) is 5.92 Å². The van der Waals surface area contributed by atoms with Crippen LogP contribution in [0, 0.1) is 5.92 Å². The zero-order valence-corrected chi connectivity index (χ0v) is 20.1. The Morgan fingerprint density at radius 3 is 2.24 bits per heavy atom. The highest BCUT2D eigenvalue weighted by Crippen LogP contribution is 2.30. The number of ketones is 1. The lowest BCUT2D eigenvalue weighted by atomic mass is 9.82. The molecule has 3 aromatic carbocycles. The van der Waals surface area contributed by atoms with Crippen LogP contribution in [0.1, 0.15) is 33.5 Å². The van der Waals surface area contributed by atoms with Gasteiger partial charge in [-0.3, -0.25) is 4.79 Å². The maximum absolute atomic E-state index is 13.0. The maximum atomic E-state index is 13.0. The summed E-state index contributed by atoms with van der Waals surface area (Å²) < 4.78 is 38.4. The molecule has 186 valence electrons. The first-order valence-corrected chi connectivity index (χ1v) is 12.3. The van der Waals surface area contributed by atoms with Gasteiger partial charge < -0.3 is 5.32 Å². The molecule has 37 heavy (non-hydrogen) atoms. The highest BCUT2D eigenvalue weighted by Gasteiger charge is 2.31. The van der Waals surface area contributed by atoms with E-state index in [2.05, 4.69) is 35.7 Å². The standard InChI is InChI=1S/C26H19F3O.C6H7N/c27-26(28,29)20-11-7-18(8-12-20)25(30)19-6-5-17-10-13-22-21-4-2-1-3-16(21)9-14-23(22)24(17)15-19;1-2-4-6-7-5-3-1/h1-4,7-8,10-15,19H,5-6,9H2;1-7H. The van der Waals surface area contributed by atoms with Crippen molar-refractivity contribution in [1.82, 2.24) is 5.32 Å². The molecule has 0 spiro atoms. The minimum atomic E-state index is -4.40. The highest BCUT2D eigenvalue weighted by atomic mass is 19.4. The van der Waals surface area contributed by atoms with Crippen molar-refractivity contribution in [2.75, 3.05) is 0 Å². The Kier molecular flexibility index (Phi) is 6.95. The van der Waals surface area contributed by atoms with Crippen molar-refractivity contribution < 1.29 is 18.0 Å². The van der Waals surface area contributed by atoms with E-state index in [0.29, 0.717) is 12.0 Å². The molecule has 0 aromatic heterocycles.